The van der Waals surface area contributed by atoms with Gasteiger partial charge in [0.25, 0.3) is 0 Å². The summed E-state index contributed by atoms with van der Waals surface area (Å²) in [6, 6.07) is 62.8. The van der Waals surface area contributed by atoms with E-state index in [1.54, 1.807) is 0 Å². The molecule has 0 bridgehead atoms. The number of benzene rings is 8. The van der Waals surface area contributed by atoms with Gasteiger partial charge in [-0.1, -0.05) is 109 Å². The summed E-state index contributed by atoms with van der Waals surface area (Å²) in [4.78, 5) is 15.5. The van der Waals surface area contributed by atoms with Crippen LogP contribution in [-0.2, 0) is 0 Å². The van der Waals surface area contributed by atoms with E-state index in [0.29, 0.717) is 17.5 Å². The molecule has 0 amide bonds. The second-order valence-corrected chi connectivity index (χ2v) is 14.4. The number of hydrogen-bond acceptors (Lipinski definition) is 5. The molecule has 6 nitrogen and oxygen atoms in total. The van der Waals surface area contributed by atoms with Crippen molar-refractivity contribution in [3.63, 3.8) is 0 Å². The lowest BCUT2D eigenvalue weighted by Crippen LogP contribution is -2.01. The number of rotatable bonds is 5. The Morgan fingerprint density at radius 1 is 0.333 bits per heavy atom. The summed E-state index contributed by atoms with van der Waals surface area (Å²) in [5.74, 6) is 1.73. The second-order valence-electron chi connectivity index (χ2n) is 14.4. The normalized spacial score (nSPS) is 11.9. The van der Waals surface area contributed by atoms with E-state index in [2.05, 4.69) is 126 Å². The fraction of sp³-hybridized carbons (Fsp3) is 0. The predicted molar refractivity (Wildman–Crippen MR) is 230 cm³/mol. The Bertz CT molecular complexity index is 3520. The molecule has 0 fully saturated rings. The van der Waals surface area contributed by atoms with Crippen molar-refractivity contribution in [3.05, 3.63) is 182 Å². The average molecular weight is 731 g/mol. The molecule has 0 aliphatic heterocycles. The van der Waals surface area contributed by atoms with E-state index in [1.807, 2.05) is 60.7 Å². The SMILES string of the molecule is c1ccc(-c2ccc3c4ccccc4n(-c4ccc(-c5nc(-c6ccc7oc8ccccc8c7c6)nc(-c6cccc7oc8ccccc8c67)n5)cc4)c3c2)cc1. The first-order valence-corrected chi connectivity index (χ1v) is 19.0. The number of hydrogen-bond donors (Lipinski definition) is 0. The van der Waals surface area contributed by atoms with Crippen molar-refractivity contribution in [1.29, 1.82) is 0 Å². The van der Waals surface area contributed by atoms with E-state index in [9.17, 15) is 0 Å². The predicted octanol–water partition coefficient (Wildman–Crippen LogP) is 13.4. The van der Waals surface area contributed by atoms with Crippen molar-refractivity contribution in [1.82, 2.24) is 19.5 Å². The van der Waals surface area contributed by atoms with E-state index >= 15 is 0 Å². The van der Waals surface area contributed by atoms with Crippen molar-refractivity contribution < 1.29 is 8.83 Å². The van der Waals surface area contributed by atoms with Gasteiger partial charge in [0.15, 0.2) is 17.5 Å². The second kappa shape index (κ2) is 12.3. The summed E-state index contributed by atoms with van der Waals surface area (Å²) in [7, 11) is 0. The minimum Gasteiger partial charge on any atom is -0.456 e. The highest BCUT2D eigenvalue weighted by atomic mass is 16.3. The van der Waals surface area contributed by atoms with Crippen LogP contribution in [0.5, 0.6) is 0 Å². The molecule has 0 aliphatic carbocycles. The Morgan fingerprint density at radius 2 is 0.930 bits per heavy atom. The Morgan fingerprint density at radius 3 is 1.77 bits per heavy atom. The topological polar surface area (TPSA) is 69.9 Å². The van der Waals surface area contributed by atoms with E-state index in [1.165, 1.54) is 21.9 Å². The summed E-state index contributed by atoms with van der Waals surface area (Å²) >= 11 is 0. The fourth-order valence-electron chi connectivity index (χ4n) is 8.40. The monoisotopic (exact) mass is 730 g/mol. The van der Waals surface area contributed by atoms with Gasteiger partial charge in [0.2, 0.25) is 0 Å². The van der Waals surface area contributed by atoms with Crippen LogP contribution in [0.15, 0.2) is 191 Å². The quantitative estimate of drug-likeness (QED) is 0.176. The number of nitrogens with zero attached hydrogens (tertiary/aromatic N) is 4. The van der Waals surface area contributed by atoms with Gasteiger partial charge in [-0.25, -0.2) is 15.0 Å². The molecule has 6 heteroatoms. The fourth-order valence-corrected chi connectivity index (χ4v) is 8.40. The lowest BCUT2D eigenvalue weighted by Gasteiger charge is -2.12. The Hall–Kier alpha value is -7.83. The molecular weight excluding hydrogens is 701 g/mol. The third-order valence-corrected chi connectivity index (χ3v) is 11.1. The van der Waals surface area contributed by atoms with Gasteiger partial charge in [-0.2, -0.15) is 0 Å². The minimum absolute atomic E-state index is 0.573. The van der Waals surface area contributed by atoms with Crippen molar-refractivity contribution in [3.8, 4) is 51.0 Å². The maximum atomic E-state index is 6.28. The number of fused-ring (bicyclic) bond motifs is 9. The zero-order chi connectivity index (χ0) is 37.5. The molecule has 12 rings (SSSR count). The standard InChI is InChI=1S/C51H30N4O2/c1-2-11-31(12-3-1)33-23-27-37-36-13-4-7-17-42(36)55(43(37)30-33)35-25-21-32(22-26-35)49-52-50(34-24-28-46-41(29-34)38-14-5-8-18-44(38)56-46)54-51(53-49)40-16-10-20-47-48(40)39-15-6-9-19-45(39)57-47/h1-30H. The molecule has 0 radical (unpaired) electrons. The van der Waals surface area contributed by atoms with Gasteiger partial charge in [-0.3, -0.25) is 0 Å². The van der Waals surface area contributed by atoms with Gasteiger partial charge in [-0.05, 0) is 83.9 Å². The third-order valence-electron chi connectivity index (χ3n) is 11.1. The summed E-state index contributed by atoms with van der Waals surface area (Å²) in [5.41, 5.74) is 11.6. The number of aromatic nitrogens is 4. The summed E-state index contributed by atoms with van der Waals surface area (Å²) in [6.45, 7) is 0. The Labute approximate surface area is 325 Å². The van der Waals surface area contributed by atoms with E-state index in [-0.39, 0.29) is 0 Å². The first-order chi connectivity index (χ1) is 28.2. The van der Waals surface area contributed by atoms with Crippen molar-refractivity contribution in [2.45, 2.75) is 0 Å². The van der Waals surface area contributed by atoms with Crippen LogP contribution in [0.4, 0.5) is 0 Å². The molecule has 12 aromatic rings. The van der Waals surface area contributed by atoms with Crippen LogP contribution in [0.2, 0.25) is 0 Å². The number of para-hydroxylation sites is 3. The van der Waals surface area contributed by atoms with Crippen molar-refractivity contribution in [2.75, 3.05) is 0 Å². The van der Waals surface area contributed by atoms with E-state index < -0.39 is 0 Å². The van der Waals surface area contributed by atoms with Gasteiger partial charge in [0.05, 0.1) is 11.0 Å². The van der Waals surface area contributed by atoms with Crippen LogP contribution in [0, 0.1) is 0 Å². The molecular formula is C51H30N4O2. The highest BCUT2D eigenvalue weighted by Gasteiger charge is 2.19. The molecule has 0 saturated heterocycles. The minimum atomic E-state index is 0.573. The van der Waals surface area contributed by atoms with Crippen LogP contribution in [0.3, 0.4) is 0 Å². The largest absolute Gasteiger partial charge is 0.456 e. The van der Waals surface area contributed by atoms with E-state index in [0.717, 1.165) is 77.3 Å². The lowest BCUT2D eigenvalue weighted by atomic mass is 10.0. The van der Waals surface area contributed by atoms with Gasteiger partial charge in [0.1, 0.15) is 22.3 Å². The molecule has 0 atom stereocenters. The maximum absolute atomic E-state index is 6.28. The Balaban J connectivity index is 1.04. The first-order valence-electron chi connectivity index (χ1n) is 19.0. The van der Waals surface area contributed by atoms with Gasteiger partial charge >= 0.3 is 0 Å². The van der Waals surface area contributed by atoms with Crippen molar-refractivity contribution in [2.24, 2.45) is 0 Å². The average Bonchev–Trinajstić information content (AvgIpc) is 3.96. The van der Waals surface area contributed by atoms with Gasteiger partial charge < -0.3 is 13.4 Å². The van der Waals surface area contributed by atoms with Crippen LogP contribution in [0.1, 0.15) is 0 Å². The molecule has 0 spiro atoms. The van der Waals surface area contributed by atoms with Crippen LogP contribution in [-0.4, -0.2) is 19.5 Å². The molecule has 266 valence electrons. The molecule has 8 aromatic carbocycles. The third kappa shape index (κ3) is 5.01. The highest BCUT2D eigenvalue weighted by molar-refractivity contribution is 6.12. The molecule has 57 heavy (non-hydrogen) atoms. The molecule has 4 heterocycles. The number of furan rings is 2. The molecule has 0 saturated carbocycles. The zero-order valence-electron chi connectivity index (χ0n) is 30.4. The lowest BCUT2D eigenvalue weighted by molar-refractivity contribution is 0.668. The van der Waals surface area contributed by atoms with Gasteiger partial charge in [0, 0.05) is 54.7 Å². The summed E-state index contributed by atoms with van der Waals surface area (Å²) in [6.07, 6.45) is 0. The van der Waals surface area contributed by atoms with E-state index in [4.69, 9.17) is 23.8 Å². The molecule has 0 unspecified atom stereocenters. The summed E-state index contributed by atoms with van der Waals surface area (Å²) < 4.78 is 14.8. The maximum Gasteiger partial charge on any atom is 0.164 e. The van der Waals surface area contributed by atoms with Crippen molar-refractivity contribution >= 4 is 65.7 Å². The Kier molecular flexibility index (Phi) is 6.83. The first kappa shape index (κ1) is 31.5. The van der Waals surface area contributed by atoms with Crippen LogP contribution in [0.25, 0.3) is 117 Å². The highest BCUT2D eigenvalue weighted by Crippen LogP contribution is 2.39. The molecule has 4 aromatic heterocycles. The van der Waals surface area contributed by atoms with Gasteiger partial charge in [-0.15, -0.1) is 0 Å². The van der Waals surface area contributed by atoms with Crippen LogP contribution >= 0.6 is 0 Å². The smallest absolute Gasteiger partial charge is 0.164 e. The molecule has 0 N–H and O–H groups in total. The summed E-state index contributed by atoms with van der Waals surface area (Å²) in [5, 5.41) is 6.49. The van der Waals surface area contributed by atoms with Crippen LogP contribution < -0.4 is 0 Å². The molecule has 0 aliphatic rings. The zero-order valence-corrected chi connectivity index (χ0v) is 30.4.